The van der Waals surface area contributed by atoms with Crippen molar-refractivity contribution in [3.63, 3.8) is 0 Å². The lowest BCUT2D eigenvalue weighted by molar-refractivity contribution is -0.154. The van der Waals surface area contributed by atoms with Crippen molar-refractivity contribution in [3.05, 3.63) is 0 Å². The lowest BCUT2D eigenvalue weighted by Gasteiger charge is -2.21. The molecule has 9 heteroatoms. The van der Waals surface area contributed by atoms with Gasteiger partial charge in [0.1, 0.15) is 18.3 Å². The van der Waals surface area contributed by atoms with Crippen molar-refractivity contribution in [1.29, 1.82) is 0 Å². The largest absolute Gasteiger partial charge is 0.460 e. The molecule has 0 aromatic carbocycles. The lowest BCUT2D eigenvalue weighted by atomic mass is 9.85. The second-order valence-corrected chi connectivity index (χ2v) is 19.0. The highest BCUT2D eigenvalue weighted by molar-refractivity contribution is 7.99. The van der Waals surface area contributed by atoms with Crippen LogP contribution in [0, 0.1) is 11.8 Å². The van der Waals surface area contributed by atoms with Crippen LogP contribution < -0.4 is 10.6 Å². The molecule has 0 aliphatic heterocycles. The molecule has 1 unspecified atom stereocenters. The Bertz CT molecular complexity index is 947. The molecule has 0 spiro atoms. The zero-order valence-electron chi connectivity index (χ0n) is 36.0. The number of amides is 2. The maximum absolute atomic E-state index is 12.6. The maximum Gasteiger partial charge on any atom is 0.407 e. The fraction of sp³-hybridized carbons (Fsp3) is 0.935. The smallest absolute Gasteiger partial charge is 0.407 e. The van der Waals surface area contributed by atoms with Gasteiger partial charge in [-0.2, -0.15) is 11.8 Å². The van der Waals surface area contributed by atoms with Crippen molar-refractivity contribution in [3.8, 4) is 0 Å². The Labute approximate surface area is 342 Å². The average Bonchev–Trinajstić information content (AvgIpc) is 3.16. The second kappa shape index (κ2) is 33.3. The summed E-state index contributed by atoms with van der Waals surface area (Å²) in [5.41, 5.74) is -0.521. The van der Waals surface area contributed by atoms with E-state index in [0.717, 1.165) is 37.5 Å². The van der Waals surface area contributed by atoms with Crippen molar-refractivity contribution in [2.75, 3.05) is 31.2 Å². The number of ether oxygens (including phenoxy) is 3. The molecule has 0 bridgehead atoms. The van der Waals surface area contributed by atoms with Crippen LogP contribution in [0.2, 0.25) is 0 Å². The summed E-state index contributed by atoms with van der Waals surface area (Å²) < 4.78 is 16.5. The summed E-state index contributed by atoms with van der Waals surface area (Å²) in [6.07, 6.45) is 38.8. The highest BCUT2D eigenvalue weighted by Crippen LogP contribution is 2.29. The Morgan fingerprint density at radius 2 is 1.00 bits per heavy atom. The number of nitrogens with one attached hydrogen (secondary N) is 2. The number of unbranched alkanes of at least 4 members (excludes halogenated alkanes) is 16. The van der Waals surface area contributed by atoms with Gasteiger partial charge in [0.25, 0.3) is 0 Å². The van der Waals surface area contributed by atoms with Gasteiger partial charge >= 0.3 is 18.2 Å². The van der Waals surface area contributed by atoms with Crippen LogP contribution in [0.3, 0.4) is 0 Å². The Morgan fingerprint density at radius 3 is 1.45 bits per heavy atom. The van der Waals surface area contributed by atoms with Crippen molar-refractivity contribution in [2.24, 2.45) is 11.8 Å². The zero-order chi connectivity index (χ0) is 39.7. The molecule has 0 aromatic rings. The number of rotatable bonds is 32. The molecule has 8 nitrogen and oxygen atoms in total. The summed E-state index contributed by atoms with van der Waals surface area (Å²) in [5.74, 6) is 2.73. The number of carbonyl (C=O) groups excluding carboxylic acids is 3. The van der Waals surface area contributed by atoms with Crippen LogP contribution in [0.15, 0.2) is 0 Å². The number of alkyl carbamates (subject to hydrolysis) is 2. The molecule has 55 heavy (non-hydrogen) atoms. The predicted octanol–water partition coefficient (Wildman–Crippen LogP) is 13.2. The van der Waals surface area contributed by atoms with Crippen LogP contribution in [-0.2, 0) is 19.0 Å². The van der Waals surface area contributed by atoms with Crippen LogP contribution >= 0.6 is 11.8 Å². The number of esters is 1. The molecular formula is C46H86N2O6S. The predicted molar refractivity (Wildman–Crippen MR) is 231 cm³/mol. The first kappa shape index (κ1) is 49.5. The summed E-state index contributed by atoms with van der Waals surface area (Å²) in [6, 6.07) is 0. The van der Waals surface area contributed by atoms with Crippen molar-refractivity contribution < 1.29 is 28.6 Å². The fourth-order valence-corrected chi connectivity index (χ4v) is 9.12. The Kier molecular flexibility index (Phi) is 30.0. The van der Waals surface area contributed by atoms with E-state index in [-0.39, 0.29) is 19.0 Å². The summed E-state index contributed by atoms with van der Waals surface area (Å²) in [7, 11) is 0. The minimum absolute atomic E-state index is 0.0278. The molecule has 2 N–H and O–H groups in total. The van der Waals surface area contributed by atoms with E-state index < -0.39 is 23.9 Å². The standard InChI is InChI=1S/C46H86N2O6S/c1-46(2,3)54-43(49)34-37-55-39-42(53-45(51)48-36-27-17-13-9-5-7-11-15-21-29-41-32-24-19-25-33-41)38-52-44(50)47-35-26-16-12-8-4-6-10-14-20-28-40-30-22-18-23-31-40/h40-42H,4-39H2,1-3H3,(H,47,50)(H,48,51). The van der Waals surface area contributed by atoms with E-state index >= 15 is 0 Å². The minimum atomic E-state index is -0.607. The van der Waals surface area contributed by atoms with Crippen molar-refractivity contribution in [2.45, 2.75) is 232 Å². The molecule has 0 radical (unpaired) electrons. The van der Waals surface area contributed by atoms with E-state index in [4.69, 9.17) is 14.2 Å². The van der Waals surface area contributed by atoms with Gasteiger partial charge in [0, 0.05) is 24.6 Å². The first-order chi connectivity index (χ1) is 26.7. The van der Waals surface area contributed by atoms with E-state index in [2.05, 4.69) is 10.6 Å². The molecule has 0 saturated heterocycles. The molecule has 2 rings (SSSR count). The lowest BCUT2D eigenvalue weighted by Crippen LogP contribution is -2.35. The molecule has 322 valence electrons. The normalized spacial score (nSPS) is 16.1. The van der Waals surface area contributed by atoms with E-state index in [1.165, 1.54) is 179 Å². The third-order valence-corrected chi connectivity index (χ3v) is 12.5. The molecule has 0 aromatic heterocycles. The van der Waals surface area contributed by atoms with E-state index in [1.54, 1.807) is 0 Å². The van der Waals surface area contributed by atoms with Gasteiger partial charge in [-0.05, 0) is 45.4 Å². The molecule has 2 aliphatic rings. The molecule has 0 heterocycles. The van der Waals surface area contributed by atoms with E-state index in [1.807, 2.05) is 20.8 Å². The van der Waals surface area contributed by atoms with E-state index in [9.17, 15) is 14.4 Å². The molecule has 2 aliphatic carbocycles. The topological polar surface area (TPSA) is 103 Å². The molecular weight excluding hydrogens is 709 g/mol. The number of hydrogen-bond donors (Lipinski definition) is 2. The Balaban J connectivity index is 1.50. The zero-order valence-corrected chi connectivity index (χ0v) is 36.9. The maximum atomic E-state index is 12.6. The molecule has 2 saturated carbocycles. The summed E-state index contributed by atoms with van der Waals surface area (Å²) in [5, 5.41) is 5.72. The van der Waals surface area contributed by atoms with Gasteiger partial charge in [0.2, 0.25) is 0 Å². The Morgan fingerprint density at radius 1 is 0.582 bits per heavy atom. The number of carbonyl (C=O) groups is 3. The quantitative estimate of drug-likeness (QED) is 0.0397. The van der Waals surface area contributed by atoms with Gasteiger partial charge < -0.3 is 24.8 Å². The van der Waals surface area contributed by atoms with E-state index in [0.29, 0.717) is 24.6 Å². The highest BCUT2D eigenvalue weighted by Gasteiger charge is 2.20. The van der Waals surface area contributed by atoms with Gasteiger partial charge in [-0.15, -0.1) is 0 Å². The first-order valence-corrected chi connectivity index (χ1v) is 24.5. The summed E-state index contributed by atoms with van der Waals surface area (Å²) >= 11 is 1.49. The van der Waals surface area contributed by atoms with Gasteiger partial charge in [-0.3, -0.25) is 4.79 Å². The van der Waals surface area contributed by atoms with Crippen molar-refractivity contribution >= 4 is 29.9 Å². The minimum Gasteiger partial charge on any atom is -0.460 e. The monoisotopic (exact) mass is 795 g/mol. The third kappa shape index (κ3) is 31.1. The van der Waals surface area contributed by atoms with Gasteiger partial charge in [-0.25, -0.2) is 9.59 Å². The first-order valence-electron chi connectivity index (χ1n) is 23.4. The fourth-order valence-electron chi connectivity index (χ4n) is 8.22. The second-order valence-electron chi connectivity index (χ2n) is 17.8. The Hall–Kier alpha value is -1.64. The number of hydrogen-bond acceptors (Lipinski definition) is 7. The van der Waals surface area contributed by atoms with Crippen LogP contribution in [0.4, 0.5) is 9.59 Å². The van der Waals surface area contributed by atoms with Gasteiger partial charge in [-0.1, -0.05) is 180 Å². The average molecular weight is 795 g/mol. The van der Waals surface area contributed by atoms with Crippen LogP contribution in [0.5, 0.6) is 0 Å². The SMILES string of the molecule is CC(C)(C)OC(=O)CCSCC(COC(=O)NCCCCCCCCCCCC1CCCCC1)OC(=O)NCCCCCCCCCCCC1CCCCC1. The summed E-state index contributed by atoms with van der Waals surface area (Å²) in [4.78, 5) is 37.2. The van der Waals surface area contributed by atoms with Crippen LogP contribution in [0.1, 0.15) is 220 Å². The summed E-state index contributed by atoms with van der Waals surface area (Å²) in [6.45, 7) is 6.68. The molecule has 2 fully saturated rings. The number of thioether (sulfide) groups is 1. The van der Waals surface area contributed by atoms with Crippen molar-refractivity contribution in [1.82, 2.24) is 10.6 Å². The molecule has 2 amide bonds. The highest BCUT2D eigenvalue weighted by atomic mass is 32.2. The third-order valence-electron chi connectivity index (χ3n) is 11.4. The van der Waals surface area contributed by atoms with Gasteiger partial charge in [0.15, 0.2) is 0 Å². The molecule has 1 atom stereocenters. The van der Waals surface area contributed by atoms with Gasteiger partial charge in [0.05, 0.1) is 6.42 Å². The van der Waals surface area contributed by atoms with Crippen LogP contribution in [0.25, 0.3) is 0 Å². The van der Waals surface area contributed by atoms with Crippen LogP contribution in [-0.4, -0.2) is 61.1 Å².